The Morgan fingerprint density at radius 2 is 1.96 bits per heavy atom. The Labute approximate surface area is 167 Å². The van der Waals surface area contributed by atoms with Crippen molar-refractivity contribution in [3.63, 3.8) is 0 Å². The average molecular weight is 401 g/mol. The fourth-order valence-corrected chi connectivity index (χ4v) is 2.76. The van der Waals surface area contributed by atoms with Gasteiger partial charge in [0.05, 0.1) is 19.0 Å². The largest absolute Gasteiger partial charge is 0.504 e. The molecule has 1 heterocycles. The summed E-state index contributed by atoms with van der Waals surface area (Å²) in [6.07, 6.45) is 4.18. The van der Waals surface area contributed by atoms with Crippen LogP contribution in [0.2, 0.25) is 5.02 Å². The SMILES string of the molecule is COc1cc(CCNC(=O)NCc2cnn(-c3ccc(Cl)cc3)c2)ccc1O. The van der Waals surface area contributed by atoms with Crippen molar-refractivity contribution in [2.75, 3.05) is 13.7 Å². The van der Waals surface area contributed by atoms with Crippen LogP contribution >= 0.6 is 11.6 Å². The van der Waals surface area contributed by atoms with E-state index in [2.05, 4.69) is 15.7 Å². The second kappa shape index (κ2) is 9.14. The lowest BCUT2D eigenvalue weighted by Gasteiger charge is -2.08. The van der Waals surface area contributed by atoms with Gasteiger partial charge >= 0.3 is 6.03 Å². The molecule has 146 valence electrons. The highest BCUT2D eigenvalue weighted by Gasteiger charge is 2.06. The zero-order valence-electron chi connectivity index (χ0n) is 15.4. The number of benzene rings is 2. The van der Waals surface area contributed by atoms with Gasteiger partial charge in [-0.05, 0) is 48.4 Å². The maximum absolute atomic E-state index is 12.0. The van der Waals surface area contributed by atoms with Crippen LogP contribution in [0.1, 0.15) is 11.1 Å². The molecule has 7 nitrogen and oxygen atoms in total. The molecule has 0 aliphatic heterocycles. The van der Waals surface area contributed by atoms with E-state index in [4.69, 9.17) is 16.3 Å². The summed E-state index contributed by atoms with van der Waals surface area (Å²) >= 11 is 5.89. The molecular weight excluding hydrogens is 380 g/mol. The van der Waals surface area contributed by atoms with Gasteiger partial charge in [0.1, 0.15) is 0 Å². The lowest BCUT2D eigenvalue weighted by atomic mass is 10.1. The summed E-state index contributed by atoms with van der Waals surface area (Å²) < 4.78 is 6.80. The second-order valence-corrected chi connectivity index (χ2v) is 6.57. The molecule has 0 radical (unpaired) electrons. The van der Waals surface area contributed by atoms with E-state index in [0.717, 1.165) is 16.8 Å². The van der Waals surface area contributed by atoms with Crippen molar-refractivity contribution < 1.29 is 14.6 Å². The first-order valence-corrected chi connectivity index (χ1v) is 9.10. The number of carbonyl (C=O) groups excluding carboxylic acids is 1. The Morgan fingerprint density at radius 3 is 2.71 bits per heavy atom. The fourth-order valence-electron chi connectivity index (χ4n) is 2.63. The molecule has 3 rings (SSSR count). The monoisotopic (exact) mass is 400 g/mol. The highest BCUT2D eigenvalue weighted by molar-refractivity contribution is 6.30. The number of hydrogen-bond donors (Lipinski definition) is 3. The molecule has 2 amide bonds. The van der Waals surface area contributed by atoms with Crippen LogP contribution in [-0.4, -0.2) is 34.6 Å². The van der Waals surface area contributed by atoms with E-state index in [1.54, 1.807) is 41.2 Å². The normalized spacial score (nSPS) is 10.5. The van der Waals surface area contributed by atoms with E-state index in [1.807, 2.05) is 18.3 Å². The number of phenols is 1. The van der Waals surface area contributed by atoms with Gasteiger partial charge in [0.2, 0.25) is 0 Å². The van der Waals surface area contributed by atoms with Crippen LogP contribution in [0, 0.1) is 0 Å². The minimum Gasteiger partial charge on any atom is -0.504 e. The topological polar surface area (TPSA) is 88.4 Å². The lowest BCUT2D eigenvalue weighted by molar-refractivity contribution is 0.240. The van der Waals surface area contributed by atoms with E-state index in [1.165, 1.54) is 7.11 Å². The number of carbonyl (C=O) groups is 1. The Hall–Kier alpha value is -3.19. The van der Waals surface area contributed by atoms with Gasteiger partial charge in [0, 0.05) is 29.9 Å². The van der Waals surface area contributed by atoms with Crippen LogP contribution in [0.5, 0.6) is 11.5 Å². The molecule has 8 heteroatoms. The van der Waals surface area contributed by atoms with E-state index in [9.17, 15) is 9.90 Å². The van der Waals surface area contributed by atoms with Gasteiger partial charge in [0.25, 0.3) is 0 Å². The van der Waals surface area contributed by atoms with Gasteiger partial charge in [-0.1, -0.05) is 17.7 Å². The predicted molar refractivity (Wildman–Crippen MR) is 107 cm³/mol. The van der Waals surface area contributed by atoms with Crippen LogP contribution in [0.4, 0.5) is 4.79 Å². The Balaban J connectivity index is 1.44. The zero-order chi connectivity index (χ0) is 19.9. The molecule has 3 N–H and O–H groups in total. The van der Waals surface area contributed by atoms with Crippen LogP contribution in [0.3, 0.4) is 0 Å². The Morgan fingerprint density at radius 1 is 1.18 bits per heavy atom. The minimum absolute atomic E-state index is 0.0936. The van der Waals surface area contributed by atoms with E-state index >= 15 is 0 Å². The number of nitrogens with one attached hydrogen (secondary N) is 2. The summed E-state index contributed by atoms with van der Waals surface area (Å²) in [6.45, 7) is 0.830. The summed E-state index contributed by atoms with van der Waals surface area (Å²) in [5.74, 6) is 0.510. The number of aromatic hydroxyl groups is 1. The number of halogens is 1. The number of urea groups is 1. The first kappa shape index (κ1) is 19.6. The second-order valence-electron chi connectivity index (χ2n) is 6.14. The third-order valence-electron chi connectivity index (χ3n) is 4.12. The molecule has 2 aromatic carbocycles. The van der Waals surface area contributed by atoms with Crippen LogP contribution < -0.4 is 15.4 Å². The van der Waals surface area contributed by atoms with E-state index < -0.39 is 0 Å². The number of phenolic OH excluding ortho intramolecular Hbond substituents is 1. The summed E-state index contributed by atoms with van der Waals surface area (Å²) in [5.41, 5.74) is 2.73. The molecule has 0 bridgehead atoms. The van der Waals surface area contributed by atoms with Gasteiger partial charge in [-0.15, -0.1) is 0 Å². The Bertz CT molecular complexity index is 941. The summed E-state index contributed by atoms with van der Waals surface area (Å²) in [4.78, 5) is 12.0. The zero-order valence-corrected chi connectivity index (χ0v) is 16.1. The highest BCUT2D eigenvalue weighted by Crippen LogP contribution is 2.26. The standard InChI is InChI=1S/C20H21ClN4O3/c1-28-19-10-14(2-7-18(19)26)8-9-22-20(27)23-11-15-12-24-25(13-15)17-5-3-16(21)4-6-17/h2-7,10,12-13,26H,8-9,11H2,1H3,(H2,22,23,27). The minimum atomic E-state index is -0.259. The molecule has 3 aromatic rings. The van der Waals surface area contributed by atoms with Crippen LogP contribution in [0.25, 0.3) is 5.69 Å². The van der Waals surface area contributed by atoms with Gasteiger partial charge in [-0.25, -0.2) is 9.48 Å². The molecular formula is C20H21ClN4O3. The van der Waals surface area contributed by atoms with Crippen molar-refractivity contribution in [2.24, 2.45) is 0 Å². The van der Waals surface area contributed by atoms with Gasteiger partial charge < -0.3 is 20.5 Å². The van der Waals surface area contributed by atoms with Gasteiger partial charge in [-0.2, -0.15) is 5.10 Å². The maximum Gasteiger partial charge on any atom is 0.315 e. The third-order valence-corrected chi connectivity index (χ3v) is 4.38. The summed E-state index contributed by atoms with van der Waals surface area (Å²) in [5, 5.41) is 20.2. The fraction of sp³-hybridized carbons (Fsp3) is 0.200. The smallest absolute Gasteiger partial charge is 0.315 e. The highest BCUT2D eigenvalue weighted by atomic mass is 35.5. The van der Waals surface area contributed by atoms with Crippen molar-refractivity contribution >= 4 is 17.6 Å². The van der Waals surface area contributed by atoms with Crippen molar-refractivity contribution in [1.82, 2.24) is 20.4 Å². The molecule has 28 heavy (non-hydrogen) atoms. The molecule has 0 fully saturated rings. The number of methoxy groups -OCH3 is 1. The lowest BCUT2D eigenvalue weighted by Crippen LogP contribution is -2.36. The van der Waals surface area contributed by atoms with Crippen molar-refractivity contribution in [2.45, 2.75) is 13.0 Å². The molecule has 0 aliphatic rings. The molecule has 0 aliphatic carbocycles. The number of ether oxygens (including phenoxy) is 1. The summed E-state index contributed by atoms with van der Waals surface area (Å²) in [7, 11) is 1.50. The maximum atomic E-state index is 12.0. The van der Waals surface area contributed by atoms with Crippen LogP contribution in [0.15, 0.2) is 54.9 Å². The van der Waals surface area contributed by atoms with Crippen molar-refractivity contribution in [1.29, 1.82) is 0 Å². The third kappa shape index (κ3) is 5.17. The van der Waals surface area contributed by atoms with Gasteiger partial charge in [-0.3, -0.25) is 0 Å². The first-order valence-electron chi connectivity index (χ1n) is 8.72. The first-order chi connectivity index (χ1) is 13.5. The van der Waals surface area contributed by atoms with Crippen LogP contribution in [-0.2, 0) is 13.0 Å². The number of hydrogen-bond acceptors (Lipinski definition) is 4. The number of nitrogens with zero attached hydrogens (tertiary/aromatic N) is 2. The van der Waals surface area contributed by atoms with Gasteiger partial charge in [0.15, 0.2) is 11.5 Å². The van der Waals surface area contributed by atoms with E-state index in [0.29, 0.717) is 30.3 Å². The number of rotatable bonds is 7. The molecule has 0 saturated heterocycles. The molecule has 0 spiro atoms. The number of amides is 2. The summed E-state index contributed by atoms with van der Waals surface area (Å²) in [6, 6.07) is 12.2. The average Bonchev–Trinajstić information content (AvgIpc) is 3.17. The molecule has 1 aromatic heterocycles. The predicted octanol–water partition coefficient (Wildman–Crippen LogP) is 3.28. The molecule has 0 saturated carbocycles. The quantitative estimate of drug-likeness (QED) is 0.568. The Kier molecular flexibility index (Phi) is 6.39. The van der Waals surface area contributed by atoms with E-state index in [-0.39, 0.29) is 11.8 Å². The molecule has 0 atom stereocenters. The van der Waals surface area contributed by atoms with Crippen molar-refractivity contribution in [3.05, 3.63) is 71.0 Å². The number of aromatic nitrogens is 2. The molecule has 0 unspecified atom stereocenters. The van der Waals surface area contributed by atoms with Crippen molar-refractivity contribution in [3.8, 4) is 17.2 Å².